The average molecular weight is 269 g/mol. The first kappa shape index (κ1) is 14.1. The molecule has 0 bridgehead atoms. The van der Waals surface area contributed by atoms with E-state index in [0.29, 0.717) is 6.54 Å². The molecule has 2 aliphatic heterocycles. The van der Waals surface area contributed by atoms with Crippen molar-refractivity contribution in [2.45, 2.75) is 44.2 Å². The fourth-order valence-electron chi connectivity index (χ4n) is 2.99. The Balaban J connectivity index is 1.89. The Labute approximate surface area is 113 Å². The predicted molar refractivity (Wildman–Crippen MR) is 71.0 cm³/mol. The minimum absolute atomic E-state index is 0.0536. The second kappa shape index (κ2) is 6.23. The van der Waals surface area contributed by atoms with Gasteiger partial charge in [0.05, 0.1) is 6.42 Å². The van der Waals surface area contributed by atoms with Crippen LogP contribution in [0, 0.1) is 0 Å². The molecule has 0 spiro atoms. The number of hydrogen-bond acceptors (Lipinski definition) is 3. The number of rotatable bonds is 3. The van der Waals surface area contributed by atoms with E-state index in [1.54, 1.807) is 4.90 Å². The number of hydrogen-bond donors (Lipinski definition) is 2. The van der Waals surface area contributed by atoms with Crippen LogP contribution in [-0.2, 0) is 4.79 Å². The van der Waals surface area contributed by atoms with Gasteiger partial charge in [0.15, 0.2) is 0 Å². The van der Waals surface area contributed by atoms with Crippen LogP contribution in [0.2, 0.25) is 0 Å². The monoisotopic (exact) mass is 269 g/mol. The summed E-state index contributed by atoms with van der Waals surface area (Å²) in [6, 6.07) is -0.0402. The Hall–Kier alpha value is -1.30. The Kier molecular flexibility index (Phi) is 4.63. The van der Waals surface area contributed by atoms with E-state index in [0.717, 1.165) is 38.8 Å². The molecule has 0 aromatic carbocycles. The highest BCUT2D eigenvalue weighted by atomic mass is 16.4. The van der Waals surface area contributed by atoms with Crippen molar-refractivity contribution < 1.29 is 14.7 Å². The van der Waals surface area contributed by atoms with Crippen LogP contribution in [0.5, 0.6) is 0 Å². The van der Waals surface area contributed by atoms with Gasteiger partial charge in [-0.15, -0.1) is 0 Å². The second-order valence-electron chi connectivity index (χ2n) is 5.64. The molecule has 2 amide bonds. The van der Waals surface area contributed by atoms with E-state index in [4.69, 9.17) is 5.11 Å². The molecule has 0 radical (unpaired) electrons. The van der Waals surface area contributed by atoms with E-state index < -0.39 is 5.97 Å². The smallest absolute Gasteiger partial charge is 0.317 e. The van der Waals surface area contributed by atoms with E-state index in [2.05, 4.69) is 10.2 Å². The molecule has 2 heterocycles. The molecule has 0 aromatic heterocycles. The number of carboxylic acids is 1. The fraction of sp³-hybridized carbons (Fsp3) is 0.846. The summed E-state index contributed by atoms with van der Waals surface area (Å²) >= 11 is 0. The Morgan fingerprint density at radius 2 is 2.05 bits per heavy atom. The molecule has 108 valence electrons. The number of aliphatic carboxylic acids is 1. The first-order valence-corrected chi connectivity index (χ1v) is 7.03. The van der Waals surface area contributed by atoms with Crippen molar-refractivity contribution in [3.8, 4) is 0 Å². The van der Waals surface area contributed by atoms with Crippen LogP contribution in [-0.4, -0.2) is 65.7 Å². The largest absolute Gasteiger partial charge is 0.481 e. The van der Waals surface area contributed by atoms with Gasteiger partial charge in [-0.25, -0.2) is 4.79 Å². The third-order valence-electron chi connectivity index (χ3n) is 4.02. The van der Waals surface area contributed by atoms with Crippen LogP contribution < -0.4 is 5.32 Å². The van der Waals surface area contributed by atoms with Gasteiger partial charge in [0.1, 0.15) is 0 Å². The normalized spacial score (nSPS) is 28.4. The number of carboxylic acid groups (broad SMARTS) is 1. The van der Waals surface area contributed by atoms with Crippen LogP contribution >= 0.6 is 0 Å². The second-order valence-corrected chi connectivity index (χ2v) is 5.64. The van der Waals surface area contributed by atoms with Gasteiger partial charge in [-0.2, -0.15) is 0 Å². The zero-order chi connectivity index (χ0) is 13.8. The first-order chi connectivity index (χ1) is 9.06. The summed E-state index contributed by atoms with van der Waals surface area (Å²) in [6.45, 7) is 2.55. The summed E-state index contributed by atoms with van der Waals surface area (Å²) in [4.78, 5) is 27.0. The quantitative estimate of drug-likeness (QED) is 0.792. The van der Waals surface area contributed by atoms with Crippen LogP contribution in [0.1, 0.15) is 32.1 Å². The van der Waals surface area contributed by atoms with Gasteiger partial charge < -0.3 is 20.2 Å². The Bertz CT molecular complexity index is 348. The molecule has 2 unspecified atom stereocenters. The lowest BCUT2D eigenvalue weighted by molar-refractivity contribution is -0.138. The third-order valence-corrected chi connectivity index (χ3v) is 4.02. The van der Waals surface area contributed by atoms with Crippen LogP contribution in [0.25, 0.3) is 0 Å². The van der Waals surface area contributed by atoms with E-state index in [-0.39, 0.29) is 24.5 Å². The molecular formula is C13H23N3O3. The highest BCUT2D eigenvalue weighted by Crippen LogP contribution is 2.20. The number of nitrogens with one attached hydrogen (secondary N) is 1. The van der Waals surface area contributed by atoms with E-state index >= 15 is 0 Å². The maximum absolute atomic E-state index is 12.3. The van der Waals surface area contributed by atoms with Crippen molar-refractivity contribution in [3.63, 3.8) is 0 Å². The lowest BCUT2D eigenvalue weighted by Gasteiger charge is -2.35. The number of urea groups is 1. The number of carbonyl (C=O) groups is 2. The average Bonchev–Trinajstić information content (AvgIpc) is 2.74. The lowest BCUT2D eigenvalue weighted by atomic mass is 10.00. The number of likely N-dealkylation sites (tertiary alicyclic amines) is 2. The zero-order valence-electron chi connectivity index (χ0n) is 11.5. The predicted octanol–water partition coefficient (Wildman–Crippen LogP) is 0.729. The number of piperidine rings is 1. The standard InChI is InChI=1S/C13H23N3O3/c1-15-7-5-10(9-15)14-13(19)16-6-3-2-4-11(16)8-12(17)18/h10-11H,2-9H2,1H3,(H,14,19)(H,17,18). The summed E-state index contributed by atoms with van der Waals surface area (Å²) in [5, 5.41) is 12.0. The van der Waals surface area contributed by atoms with Crippen molar-refractivity contribution >= 4 is 12.0 Å². The molecule has 2 aliphatic rings. The van der Waals surface area contributed by atoms with Crippen molar-refractivity contribution in [2.24, 2.45) is 0 Å². The van der Waals surface area contributed by atoms with Gasteiger partial charge in [0.25, 0.3) is 0 Å². The summed E-state index contributed by atoms with van der Waals surface area (Å²) in [6.07, 6.45) is 3.80. The van der Waals surface area contributed by atoms with Crippen LogP contribution in [0.3, 0.4) is 0 Å². The topological polar surface area (TPSA) is 72.9 Å². The van der Waals surface area contributed by atoms with Gasteiger partial charge >= 0.3 is 12.0 Å². The molecule has 2 rings (SSSR count). The van der Waals surface area contributed by atoms with Gasteiger partial charge in [0.2, 0.25) is 0 Å². The van der Waals surface area contributed by atoms with E-state index in [1.807, 2.05) is 7.05 Å². The molecule has 2 saturated heterocycles. The van der Waals surface area contributed by atoms with Gasteiger partial charge in [0, 0.05) is 25.2 Å². The molecule has 0 aromatic rings. The van der Waals surface area contributed by atoms with Crippen LogP contribution in [0.4, 0.5) is 4.79 Å². The molecule has 19 heavy (non-hydrogen) atoms. The zero-order valence-corrected chi connectivity index (χ0v) is 11.5. The molecule has 2 fully saturated rings. The highest BCUT2D eigenvalue weighted by molar-refractivity contribution is 5.76. The molecular weight excluding hydrogens is 246 g/mol. The van der Waals surface area contributed by atoms with Crippen molar-refractivity contribution in [1.29, 1.82) is 0 Å². The number of amides is 2. The molecule has 0 saturated carbocycles. The first-order valence-electron chi connectivity index (χ1n) is 7.03. The van der Waals surface area contributed by atoms with Gasteiger partial charge in [-0.3, -0.25) is 4.79 Å². The lowest BCUT2D eigenvalue weighted by Crippen LogP contribution is -2.52. The number of carbonyl (C=O) groups excluding carboxylic acids is 1. The molecule has 6 nitrogen and oxygen atoms in total. The van der Waals surface area contributed by atoms with Gasteiger partial charge in [-0.1, -0.05) is 0 Å². The molecule has 2 N–H and O–H groups in total. The van der Waals surface area contributed by atoms with Gasteiger partial charge in [-0.05, 0) is 39.3 Å². The van der Waals surface area contributed by atoms with Crippen molar-refractivity contribution in [1.82, 2.24) is 15.1 Å². The minimum Gasteiger partial charge on any atom is -0.481 e. The SMILES string of the molecule is CN1CCC(NC(=O)N2CCCCC2CC(=O)O)C1. The fourth-order valence-corrected chi connectivity index (χ4v) is 2.99. The van der Waals surface area contributed by atoms with E-state index in [1.165, 1.54) is 0 Å². The molecule has 6 heteroatoms. The van der Waals surface area contributed by atoms with Crippen LogP contribution in [0.15, 0.2) is 0 Å². The summed E-state index contributed by atoms with van der Waals surface area (Å²) in [7, 11) is 2.04. The summed E-state index contributed by atoms with van der Waals surface area (Å²) in [5.74, 6) is -0.828. The number of likely N-dealkylation sites (N-methyl/N-ethyl adjacent to an activating group) is 1. The summed E-state index contributed by atoms with van der Waals surface area (Å²) < 4.78 is 0. The molecule has 2 atom stereocenters. The van der Waals surface area contributed by atoms with E-state index in [9.17, 15) is 9.59 Å². The number of nitrogens with zero attached hydrogens (tertiary/aromatic N) is 2. The summed E-state index contributed by atoms with van der Waals surface area (Å²) in [5.41, 5.74) is 0. The Morgan fingerprint density at radius 1 is 1.26 bits per heavy atom. The van der Waals surface area contributed by atoms with Crippen molar-refractivity contribution in [2.75, 3.05) is 26.7 Å². The Morgan fingerprint density at radius 3 is 2.68 bits per heavy atom. The highest BCUT2D eigenvalue weighted by Gasteiger charge is 2.30. The minimum atomic E-state index is -0.828. The van der Waals surface area contributed by atoms with Crippen molar-refractivity contribution in [3.05, 3.63) is 0 Å². The third kappa shape index (κ3) is 3.83. The maximum Gasteiger partial charge on any atom is 0.317 e. The maximum atomic E-state index is 12.3. The molecule has 0 aliphatic carbocycles.